The molecule has 2 aromatic heterocycles. The first-order chi connectivity index (χ1) is 9.54. The van der Waals surface area contributed by atoms with Crippen LogP contribution in [0.2, 0.25) is 0 Å². The first-order valence-electron chi connectivity index (χ1n) is 6.30. The zero-order valence-corrected chi connectivity index (χ0v) is 12.6. The molecule has 0 aliphatic rings. The van der Waals surface area contributed by atoms with E-state index in [9.17, 15) is 0 Å². The van der Waals surface area contributed by atoms with Crippen molar-refractivity contribution in [3.63, 3.8) is 0 Å². The van der Waals surface area contributed by atoms with Gasteiger partial charge in [-0.2, -0.15) is 16.7 Å². The Balaban J connectivity index is 1.73. The van der Waals surface area contributed by atoms with Gasteiger partial charge >= 0.3 is 0 Å². The van der Waals surface area contributed by atoms with E-state index in [-0.39, 0.29) is 5.95 Å². The Labute approximate surface area is 122 Å². The van der Waals surface area contributed by atoms with Gasteiger partial charge in [0.05, 0.1) is 18.8 Å². The highest BCUT2D eigenvalue weighted by Gasteiger charge is 2.05. The fourth-order valence-electron chi connectivity index (χ4n) is 1.76. The normalized spacial score (nSPS) is 11.3. The maximum atomic E-state index is 5.73. The van der Waals surface area contributed by atoms with Crippen molar-refractivity contribution in [2.75, 3.05) is 31.3 Å². The number of nitrogen functional groups attached to an aromatic ring is 2. The van der Waals surface area contributed by atoms with Gasteiger partial charge < -0.3 is 20.8 Å². The minimum Gasteiger partial charge on any atom is -0.464 e. The lowest BCUT2D eigenvalue weighted by Crippen LogP contribution is -2.09. The van der Waals surface area contributed by atoms with Gasteiger partial charge in [-0.15, -0.1) is 5.10 Å². The Morgan fingerprint density at radius 3 is 2.70 bits per heavy atom. The number of anilines is 2. The van der Waals surface area contributed by atoms with E-state index in [1.165, 1.54) is 0 Å². The highest BCUT2D eigenvalue weighted by atomic mass is 32.2. The van der Waals surface area contributed by atoms with E-state index in [4.69, 9.17) is 15.9 Å². The quantitative estimate of drug-likeness (QED) is 0.736. The molecule has 0 fully saturated rings. The van der Waals surface area contributed by atoms with Gasteiger partial charge in [-0.3, -0.25) is 0 Å². The average molecular weight is 296 g/mol. The predicted octanol–water partition coefficient (Wildman–Crippen LogP) is 1.03. The van der Waals surface area contributed by atoms with Crippen LogP contribution in [-0.4, -0.2) is 39.5 Å². The van der Waals surface area contributed by atoms with Crippen molar-refractivity contribution >= 4 is 23.7 Å². The summed E-state index contributed by atoms with van der Waals surface area (Å²) in [7, 11) is 4.04. The summed E-state index contributed by atoms with van der Waals surface area (Å²) >= 11 is 1.76. The number of nitrogens with two attached hydrogens (primary N) is 2. The summed E-state index contributed by atoms with van der Waals surface area (Å²) < 4.78 is 7.35. The standard InChI is InChI=1S/C12H20N6OS/c1-17(2)7-9-3-4-10(19-9)8-20-6-5-18-12(14)15-11(13)16-18/h3-4H,5-8H2,1-2H3,(H4,13,14,15,16). The molecule has 0 aromatic carbocycles. The fourth-order valence-corrected chi connectivity index (χ4v) is 2.56. The summed E-state index contributed by atoms with van der Waals surface area (Å²) in [5.41, 5.74) is 11.1. The van der Waals surface area contributed by atoms with Crippen molar-refractivity contribution in [3.8, 4) is 0 Å². The molecule has 110 valence electrons. The number of hydrogen-bond acceptors (Lipinski definition) is 7. The lowest BCUT2D eigenvalue weighted by atomic mass is 10.4. The molecular formula is C12H20N6OS. The molecule has 0 aliphatic heterocycles. The summed E-state index contributed by atoms with van der Waals surface area (Å²) in [4.78, 5) is 5.93. The predicted molar refractivity (Wildman–Crippen MR) is 81.1 cm³/mol. The van der Waals surface area contributed by atoms with Crippen molar-refractivity contribution in [3.05, 3.63) is 23.7 Å². The van der Waals surface area contributed by atoms with E-state index < -0.39 is 0 Å². The van der Waals surface area contributed by atoms with Crippen molar-refractivity contribution < 1.29 is 4.42 Å². The Kier molecular flexibility index (Phi) is 4.91. The average Bonchev–Trinajstić information content (AvgIpc) is 2.91. The summed E-state index contributed by atoms with van der Waals surface area (Å²) in [5.74, 6) is 4.24. The van der Waals surface area contributed by atoms with Gasteiger partial charge in [-0.1, -0.05) is 0 Å². The first kappa shape index (κ1) is 14.7. The van der Waals surface area contributed by atoms with Gasteiger partial charge in [0.1, 0.15) is 11.5 Å². The molecule has 2 aromatic rings. The largest absolute Gasteiger partial charge is 0.464 e. The molecule has 0 unspecified atom stereocenters. The van der Waals surface area contributed by atoms with E-state index in [0.29, 0.717) is 12.5 Å². The zero-order valence-electron chi connectivity index (χ0n) is 11.7. The van der Waals surface area contributed by atoms with Crippen LogP contribution in [0.5, 0.6) is 0 Å². The van der Waals surface area contributed by atoms with E-state index in [2.05, 4.69) is 15.0 Å². The molecule has 0 bridgehead atoms. The monoisotopic (exact) mass is 296 g/mol. The lowest BCUT2D eigenvalue weighted by molar-refractivity contribution is 0.344. The SMILES string of the molecule is CN(C)Cc1ccc(CSCCn2nc(N)nc2N)o1. The van der Waals surface area contributed by atoms with Gasteiger partial charge in [-0.05, 0) is 26.2 Å². The molecule has 2 rings (SSSR count). The molecule has 0 aliphatic carbocycles. The molecule has 0 radical (unpaired) electrons. The number of aryl methyl sites for hydroxylation is 1. The third kappa shape index (κ3) is 4.17. The Hall–Kier alpha value is -1.67. The maximum absolute atomic E-state index is 5.73. The molecule has 7 nitrogen and oxygen atoms in total. The van der Waals surface area contributed by atoms with Crippen LogP contribution in [0.1, 0.15) is 11.5 Å². The van der Waals surface area contributed by atoms with Gasteiger partial charge in [0.25, 0.3) is 0 Å². The second-order valence-corrected chi connectivity index (χ2v) is 5.81. The summed E-state index contributed by atoms with van der Waals surface area (Å²) in [5, 5.41) is 4.01. The molecule has 4 N–H and O–H groups in total. The zero-order chi connectivity index (χ0) is 14.5. The van der Waals surface area contributed by atoms with Crippen LogP contribution >= 0.6 is 11.8 Å². The highest BCUT2D eigenvalue weighted by molar-refractivity contribution is 7.98. The van der Waals surface area contributed by atoms with Crippen LogP contribution in [0.3, 0.4) is 0 Å². The Morgan fingerprint density at radius 2 is 2.05 bits per heavy atom. The third-order valence-corrected chi connectivity index (χ3v) is 3.56. The molecular weight excluding hydrogens is 276 g/mol. The number of aromatic nitrogens is 3. The van der Waals surface area contributed by atoms with Crippen LogP contribution in [0.15, 0.2) is 16.5 Å². The van der Waals surface area contributed by atoms with Crippen LogP contribution in [-0.2, 0) is 18.8 Å². The van der Waals surface area contributed by atoms with Crippen molar-refractivity contribution in [2.24, 2.45) is 0 Å². The molecule has 8 heteroatoms. The minimum atomic E-state index is 0.215. The molecule has 20 heavy (non-hydrogen) atoms. The number of furan rings is 1. The van der Waals surface area contributed by atoms with E-state index in [1.807, 2.05) is 26.2 Å². The minimum absolute atomic E-state index is 0.215. The van der Waals surface area contributed by atoms with Crippen molar-refractivity contribution in [1.82, 2.24) is 19.7 Å². The summed E-state index contributed by atoms with van der Waals surface area (Å²) in [6.45, 7) is 1.51. The van der Waals surface area contributed by atoms with Crippen molar-refractivity contribution in [2.45, 2.75) is 18.8 Å². The van der Waals surface area contributed by atoms with E-state index >= 15 is 0 Å². The van der Waals surface area contributed by atoms with Gasteiger partial charge in [-0.25, -0.2) is 4.68 Å². The Morgan fingerprint density at radius 1 is 1.30 bits per heavy atom. The maximum Gasteiger partial charge on any atom is 0.241 e. The third-order valence-electron chi connectivity index (χ3n) is 2.60. The molecule has 0 saturated carbocycles. The molecule has 0 atom stereocenters. The fraction of sp³-hybridized carbons (Fsp3) is 0.500. The lowest BCUT2D eigenvalue weighted by Gasteiger charge is -2.05. The van der Waals surface area contributed by atoms with Gasteiger partial charge in [0.2, 0.25) is 11.9 Å². The second kappa shape index (κ2) is 6.67. The van der Waals surface area contributed by atoms with E-state index in [0.717, 1.165) is 29.6 Å². The first-order valence-corrected chi connectivity index (χ1v) is 7.46. The number of hydrogen-bond donors (Lipinski definition) is 2. The molecule has 2 heterocycles. The van der Waals surface area contributed by atoms with Crippen LogP contribution in [0, 0.1) is 0 Å². The number of rotatable bonds is 7. The van der Waals surface area contributed by atoms with Crippen LogP contribution in [0.4, 0.5) is 11.9 Å². The highest BCUT2D eigenvalue weighted by Crippen LogP contribution is 2.17. The smallest absolute Gasteiger partial charge is 0.241 e. The van der Waals surface area contributed by atoms with Crippen LogP contribution < -0.4 is 11.5 Å². The van der Waals surface area contributed by atoms with Gasteiger partial charge in [0.15, 0.2) is 0 Å². The van der Waals surface area contributed by atoms with Crippen LogP contribution in [0.25, 0.3) is 0 Å². The molecule has 0 spiro atoms. The second-order valence-electron chi connectivity index (χ2n) is 4.71. The van der Waals surface area contributed by atoms with Gasteiger partial charge in [0, 0.05) is 5.75 Å². The summed E-state index contributed by atoms with van der Waals surface area (Å²) in [6.07, 6.45) is 0. The van der Waals surface area contributed by atoms with E-state index in [1.54, 1.807) is 16.4 Å². The molecule has 0 saturated heterocycles. The number of nitrogens with zero attached hydrogens (tertiary/aromatic N) is 4. The topological polar surface area (TPSA) is 99.1 Å². The number of thioether (sulfide) groups is 1. The van der Waals surface area contributed by atoms with Crippen molar-refractivity contribution in [1.29, 1.82) is 0 Å². The molecule has 0 amide bonds. The summed E-state index contributed by atoms with van der Waals surface area (Å²) in [6, 6.07) is 4.04. The Bertz CT molecular complexity index is 550.